The van der Waals surface area contributed by atoms with E-state index in [1.54, 1.807) is 0 Å². The van der Waals surface area contributed by atoms with Gasteiger partial charge in [0.25, 0.3) is 0 Å². The quantitative estimate of drug-likeness (QED) is 0.378. The number of hydrogen-bond acceptors (Lipinski definition) is 2. The molecule has 0 aliphatic heterocycles. The Kier molecular flexibility index (Phi) is 5.18. The van der Waals surface area contributed by atoms with Crippen molar-refractivity contribution in [2.45, 2.75) is 32.1 Å². The lowest BCUT2D eigenvalue weighted by atomic mass is 10.0. The van der Waals surface area contributed by atoms with Crippen molar-refractivity contribution in [2.24, 2.45) is 0 Å². The lowest BCUT2D eigenvalue weighted by Gasteiger charge is -2.02. The summed E-state index contributed by atoms with van der Waals surface area (Å²) < 4.78 is 0. The fourth-order valence-corrected chi connectivity index (χ4v) is 3.50. The van der Waals surface area contributed by atoms with Crippen molar-refractivity contribution in [2.75, 3.05) is 13.1 Å². The molecular formula is C21H28N6+2. The van der Waals surface area contributed by atoms with Gasteiger partial charge in [0.15, 0.2) is 0 Å². The first-order chi connectivity index (χ1) is 13.2. The molecular weight excluding hydrogens is 336 g/mol. The number of H-pyrrole nitrogens is 2. The molecule has 0 aliphatic carbocycles. The highest BCUT2D eigenvalue weighted by Gasteiger charge is 2.07. The number of nitrogens with one attached hydrogen (secondary N) is 2. The summed E-state index contributed by atoms with van der Waals surface area (Å²) >= 11 is 0. The van der Waals surface area contributed by atoms with Crippen LogP contribution in [0.2, 0.25) is 0 Å². The number of imidazole rings is 2. The van der Waals surface area contributed by atoms with Crippen LogP contribution in [0.25, 0.3) is 22.1 Å². The fraction of sp³-hybridized carbons (Fsp3) is 0.333. The molecule has 6 heteroatoms. The Hall–Kier alpha value is -2.70. The van der Waals surface area contributed by atoms with E-state index in [1.165, 1.54) is 11.1 Å². The molecule has 4 aromatic rings. The first kappa shape index (κ1) is 17.7. The van der Waals surface area contributed by atoms with Crippen molar-refractivity contribution in [1.29, 1.82) is 0 Å². The number of aryl methyl sites for hydroxylation is 2. The summed E-state index contributed by atoms with van der Waals surface area (Å²) in [4.78, 5) is 16.2. The molecule has 6 nitrogen and oxygen atoms in total. The normalized spacial score (nSPS) is 11.6. The third-order valence-electron chi connectivity index (χ3n) is 4.93. The average molecular weight is 364 g/mol. The van der Waals surface area contributed by atoms with Gasteiger partial charge in [-0.05, 0) is 41.8 Å². The average Bonchev–Trinajstić information content (AvgIpc) is 3.27. The monoisotopic (exact) mass is 364 g/mol. The standard InChI is InChI=1S/C21H26N6/c22-9-1-3-20-24-16-7-5-14(12-18(16)26-20)11-15-6-8-17-19(13-15)27-21(25-17)4-2-10-23/h5-8,12-13H,1-4,9-11,22-23H2,(H,24,26)(H,25,27)/p+2. The number of quaternary nitrogens is 2. The van der Waals surface area contributed by atoms with Crippen LogP contribution in [0.5, 0.6) is 0 Å². The number of aromatic amines is 2. The number of rotatable bonds is 8. The molecule has 0 unspecified atom stereocenters. The van der Waals surface area contributed by atoms with Crippen LogP contribution in [0.1, 0.15) is 35.6 Å². The molecule has 0 aliphatic rings. The van der Waals surface area contributed by atoms with Crippen LogP contribution < -0.4 is 11.5 Å². The SMILES string of the molecule is [NH3+]CCCc1nc2ccc(Cc3ccc4nc(CCC[NH3+])[nH]c4c3)cc2[nH]1. The van der Waals surface area contributed by atoms with E-state index in [1.807, 2.05) is 0 Å². The fourth-order valence-electron chi connectivity index (χ4n) is 3.50. The summed E-state index contributed by atoms with van der Waals surface area (Å²) in [5.41, 5.74) is 14.7. The number of hydrogen-bond donors (Lipinski definition) is 4. The Morgan fingerprint density at radius 1 is 0.704 bits per heavy atom. The number of benzene rings is 2. The van der Waals surface area contributed by atoms with E-state index in [-0.39, 0.29) is 0 Å². The molecule has 0 radical (unpaired) electrons. The first-order valence-corrected chi connectivity index (χ1v) is 9.78. The minimum Gasteiger partial charge on any atom is -0.358 e. The van der Waals surface area contributed by atoms with E-state index in [0.717, 1.165) is 78.9 Å². The summed E-state index contributed by atoms with van der Waals surface area (Å²) in [7, 11) is 0. The Balaban J connectivity index is 1.53. The van der Waals surface area contributed by atoms with Crippen LogP contribution in [-0.4, -0.2) is 33.0 Å². The highest BCUT2D eigenvalue weighted by molar-refractivity contribution is 5.77. The Morgan fingerprint density at radius 2 is 1.19 bits per heavy atom. The molecule has 2 heterocycles. The maximum absolute atomic E-state index is 4.67. The number of fused-ring (bicyclic) bond motifs is 2. The third-order valence-corrected chi connectivity index (χ3v) is 4.93. The predicted molar refractivity (Wildman–Crippen MR) is 107 cm³/mol. The van der Waals surface area contributed by atoms with E-state index in [9.17, 15) is 0 Å². The molecule has 27 heavy (non-hydrogen) atoms. The molecule has 2 aromatic heterocycles. The summed E-state index contributed by atoms with van der Waals surface area (Å²) in [6, 6.07) is 13.0. The number of aromatic nitrogens is 4. The Labute approximate surface area is 158 Å². The van der Waals surface area contributed by atoms with Gasteiger partial charge >= 0.3 is 0 Å². The van der Waals surface area contributed by atoms with Crippen molar-refractivity contribution < 1.29 is 11.5 Å². The van der Waals surface area contributed by atoms with Crippen molar-refractivity contribution in [3.05, 3.63) is 59.2 Å². The van der Waals surface area contributed by atoms with Gasteiger partial charge < -0.3 is 21.4 Å². The van der Waals surface area contributed by atoms with Gasteiger partial charge in [0.05, 0.1) is 35.2 Å². The molecule has 0 amide bonds. The maximum atomic E-state index is 4.67. The van der Waals surface area contributed by atoms with E-state index in [0.29, 0.717) is 0 Å². The smallest absolute Gasteiger partial charge is 0.107 e. The summed E-state index contributed by atoms with van der Waals surface area (Å²) in [5.74, 6) is 2.11. The van der Waals surface area contributed by atoms with Crippen LogP contribution in [0.4, 0.5) is 0 Å². The minimum atomic E-state index is 0.895. The van der Waals surface area contributed by atoms with Gasteiger partial charge in [-0.15, -0.1) is 0 Å². The third kappa shape index (κ3) is 4.02. The van der Waals surface area contributed by atoms with E-state index in [4.69, 9.17) is 0 Å². The van der Waals surface area contributed by atoms with Gasteiger partial charge in [-0.1, -0.05) is 12.1 Å². The summed E-state index contributed by atoms with van der Waals surface area (Å²) in [5, 5.41) is 0. The predicted octanol–water partition coefficient (Wildman–Crippen LogP) is 1.38. The van der Waals surface area contributed by atoms with Crippen molar-refractivity contribution in [1.82, 2.24) is 19.9 Å². The van der Waals surface area contributed by atoms with Gasteiger partial charge in [0.1, 0.15) is 11.6 Å². The molecule has 0 atom stereocenters. The first-order valence-electron chi connectivity index (χ1n) is 9.78. The van der Waals surface area contributed by atoms with Gasteiger partial charge in [0.2, 0.25) is 0 Å². The zero-order chi connectivity index (χ0) is 18.6. The molecule has 0 saturated heterocycles. The van der Waals surface area contributed by atoms with Crippen LogP contribution in [0.15, 0.2) is 36.4 Å². The topological polar surface area (TPSA) is 113 Å². The minimum absolute atomic E-state index is 0.895. The van der Waals surface area contributed by atoms with Crippen molar-refractivity contribution >= 4 is 22.1 Å². The molecule has 4 rings (SSSR count). The van der Waals surface area contributed by atoms with Gasteiger partial charge in [-0.25, -0.2) is 9.97 Å². The van der Waals surface area contributed by atoms with Crippen LogP contribution >= 0.6 is 0 Å². The second-order valence-electron chi connectivity index (χ2n) is 7.16. The summed E-state index contributed by atoms with van der Waals surface area (Å²) in [6.07, 6.45) is 4.94. The molecule has 0 spiro atoms. The molecule has 2 aromatic carbocycles. The van der Waals surface area contributed by atoms with E-state index < -0.39 is 0 Å². The van der Waals surface area contributed by atoms with Crippen molar-refractivity contribution in [3.8, 4) is 0 Å². The largest absolute Gasteiger partial charge is 0.358 e. The zero-order valence-corrected chi connectivity index (χ0v) is 15.7. The van der Waals surface area contributed by atoms with Crippen molar-refractivity contribution in [3.63, 3.8) is 0 Å². The highest BCUT2D eigenvalue weighted by Crippen LogP contribution is 2.20. The molecule has 140 valence electrons. The van der Waals surface area contributed by atoms with E-state index >= 15 is 0 Å². The van der Waals surface area contributed by atoms with Crippen LogP contribution in [-0.2, 0) is 19.3 Å². The maximum Gasteiger partial charge on any atom is 0.107 e. The molecule has 0 saturated carbocycles. The lowest BCUT2D eigenvalue weighted by Crippen LogP contribution is -2.50. The Morgan fingerprint density at radius 3 is 1.63 bits per heavy atom. The van der Waals surface area contributed by atoms with Gasteiger partial charge in [-0.2, -0.15) is 0 Å². The molecule has 8 N–H and O–H groups in total. The molecule has 0 bridgehead atoms. The van der Waals surface area contributed by atoms with Gasteiger partial charge in [-0.3, -0.25) is 0 Å². The summed E-state index contributed by atoms with van der Waals surface area (Å²) in [6.45, 7) is 1.88. The zero-order valence-electron chi connectivity index (χ0n) is 15.7. The second kappa shape index (κ2) is 7.90. The Bertz CT molecular complexity index is 961. The second-order valence-corrected chi connectivity index (χ2v) is 7.16. The lowest BCUT2D eigenvalue weighted by molar-refractivity contribution is -0.368. The van der Waals surface area contributed by atoms with Crippen LogP contribution in [0, 0.1) is 0 Å². The highest BCUT2D eigenvalue weighted by atomic mass is 14.9. The van der Waals surface area contributed by atoms with Gasteiger partial charge in [0, 0.05) is 25.7 Å². The van der Waals surface area contributed by atoms with E-state index in [2.05, 4.69) is 67.8 Å². The number of nitrogens with zero attached hydrogens (tertiary/aromatic N) is 2. The van der Waals surface area contributed by atoms with Crippen LogP contribution in [0.3, 0.4) is 0 Å². The molecule has 0 fully saturated rings.